The summed E-state index contributed by atoms with van der Waals surface area (Å²) in [5.41, 5.74) is 4.93. The summed E-state index contributed by atoms with van der Waals surface area (Å²) in [6.45, 7) is 0. The molecule has 25 heavy (non-hydrogen) atoms. The zero-order valence-corrected chi connectivity index (χ0v) is 13.2. The molecule has 0 spiro atoms. The summed E-state index contributed by atoms with van der Waals surface area (Å²) in [7, 11) is 0. The molecule has 0 aliphatic carbocycles. The molecule has 6 heteroatoms. The SMILES string of the molecule is Oc1ccc(/C=N/NC(=Nc2ccccc2)c2ccccn2)cc1O. The topological polar surface area (TPSA) is 90.1 Å². The number of hydrogen-bond acceptors (Lipinski definition) is 5. The Balaban J connectivity index is 1.84. The van der Waals surface area contributed by atoms with Crippen LogP contribution < -0.4 is 5.43 Å². The Morgan fingerprint density at radius 2 is 1.72 bits per heavy atom. The molecule has 3 rings (SSSR count). The van der Waals surface area contributed by atoms with Crippen LogP contribution in [0.2, 0.25) is 0 Å². The van der Waals surface area contributed by atoms with Gasteiger partial charge in [0.2, 0.25) is 0 Å². The van der Waals surface area contributed by atoms with Crippen molar-refractivity contribution in [3.05, 3.63) is 84.2 Å². The first-order valence-corrected chi connectivity index (χ1v) is 7.58. The van der Waals surface area contributed by atoms with Crippen molar-refractivity contribution in [3.8, 4) is 11.5 Å². The summed E-state index contributed by atoms with van der Waals surface area (Å²) < 4.78 is 0. The van der Waals surface area contributed by atoms with Crippen LogP contribution in [0.5, 0.6) is 11.5 Å². The predicted octanol–water partition coefficient (Wildman–Crippen LogP) is 3.19. The van der Waals surface area contributed by atoms with Crippen LogP contribution in [-0.4, -0.2) is 27.2 Å². The van der Waals surface area contributed by atoms with E-state index in [9.17, 15) is 10.2 Å². The molecule has 1 heterocycles. The van der Waals surface area contributed by atoms with E-state index in [0.717, 1.165) is 5.69 Å². The van der Waals surface area contributed by atoms with Gasteiger partial charge in [-0.2, -0.15) is 5.10 Å². The second-order valence-corrected chi connectivity index (χ2v) is 5.13. The zero-order chi connectivity index (χ0) is 17.5. The summed E-state index contributed by atoms with van der Waals surface area (Å²) in [5, 5.41) is 23.0. The van der Waals surface area contributed by atoms with E-state index < -0.39 is 0 Å². The molecule has 3 aromatic rings. The maximum absolute atomic E-state index is 9.52. The van der Waals surface area contributed by atoms with E-state index in [1.54, 1.807) is 12.3 Å². The molecule has 0 atom stereocenters. The molecule has 1 aromatic heterocycles. The second kappa shape index (κ2) is 7.74. The molecular formula is C19H16N4O2. The van der Waals surface area contributed by atoms with Crippen LogP contribution in [0.1, 0.15) is 11.3 Å². The third kappa shape index (κ3) is 4.42. The van der Waals surface area contributed by atoms with Crippen LogP contribution in [-0.2, 0) is 0 Å². The van der Waals surface area contributed by atoms with Crippen LogP contribution in [0.4, 0.5) is 5.69 Å². The number of rotatable bonds is 4. The molecule has 0 saturated carbocycles. The van der Waals surface area contributed by atoms with Gasteiger partial charge in [-0.25, -0.2) is 4.99 Å². The lowest BCUT2D eigenvalue weighted by Crippen LogP contribution is -2.20. The molecule has 6 nitrogen and oxygen atoms in total. The van der Waals surface area contributed by atoms with Gasteiger partial charge in [0.05, 0.1) is 11.9 Å². The number of amidine groups is 1. The maximum Gasteiger partial charge on any atom is 0.172 e. The molecule has 0 aliphatic heterocycles. The number of aromatic nitrogens is 1. The Hall–Kier alpha value is -3.67. The number of pyridine rings is 1. The summed E-state index contributed by atoms with van der Waals surface area (Å²) in [6, 6.07) is 19.4. The molecule has 0 bridgehead atoms. The Morgan fingerprint density at radius 3 is 2.44 bits per heavy atom. The molecule has 0 radical (unpaired) electrons. The number of benzene rings is 2. The number of para-hydroxylation sites is 1. The van der Waals surface area contributed by atoms with E-state index in [2.05, 4.69) is 20.5 Å². The van der Waals surface area contributed by atoms with Gasteiger partial charge in [-0.3, -0.25) is 10.4 Å². The Kier molecular flexibility index (Phi) is 5.01. The molecule has 0 fully saturated rings. The smallest absolute Gasteiger partial charge is 0.172 e. The number of aromatic hydroxyl groups is 2. The lowest BCUT2D eigenvalue weighted by molar-refractivity contribution is 0.403. The molecular weight excluding hydrogens is 316 g/mol. The van der Waals surface area contributed by atoms with Crippen molar-refractivity contribution in [1.29, 1.82) is 0 Å². The standard InChI is InChI=1S/C19H16N4O2/c24-17-10-9-14(12-18(17)25)13-21-23-19(16-8-4-5-11-20-16)22-15-6-2-1-3-7-15/h1-13,24-25H,(H,22,23)/b21-13+. The van der Waals surface area contributed by atoms with Gasteiger partial charge >= 0.3 is 0 Å². The van der Waals surface area contributed by atoms with Gasteiger partial charge in [-0.15, -0.1) is 0 Å². The normalized spacial score (nSPS) is 11.6. The fourth-order valence-corrected chi connectivity index (χ4v) is 2.06. The van der Waals surface area contributed by atoms with Crippen LogP contribution in [0.15, 0.2) is 83.0 Å². The predicted molar refractivity (Wildman–Crippen MR) is 97.4 cm³/mol. The minimum absolute atomic E-state index is 0.176. The number of hydrazone groups is 1. The first-order valence-electron chi connectivity index (χ1n) is 7.58. The van der Waals surface area contributed by atoms with Crippen molar-refractivity contribution in [2.24, 2.45) is 10.1 Å². The molecule has 0 saturated heterocycles. The maximum atomic E-state index is 9.52. The molecule has 0 unspecified atom stereocenters. The minimum atomic E-state index is -0.202. The monoisotopic (exact) mass is 332 g/mol. The summed E-state index contributed by atoms with van der Waals surface area (Å²) in [6.07, 6.45) is 3.20. The van der Waals surface area contributed by atoms with Crippen LogP contribution in [0, 0.1) is 0 Å². The number of phenolic OH excluding ortho intramolecular Hbond substituents is 2. The first-order chi connectivity index (χ1) is 12.2. The van der Waals surface area contributed by atoms with Gasteiger partial charge in [0, 0.05) is 6.20 Å². The highest BCUT2D eigenvalue weighted by Crippen LogP contribution is 2.23. The first kappa shape index (κ1) is 16.2. The van der Waals surface area contributed by atoms with Gasteiger partial charge in [0.15, 0.2) is 17.3 Å². The fourth-order valence-electron chi connectivity index (χ4n) is 2.06. The molecule has 0 aliphatic rings. The van der Waals surface area contributed by atoms with Crippen molar-refractivity contribution in [2.45, 2.75) is 0 Å². The van der Waals surface area contributed by atoms with Crippen molar-refractivity contribution < 1.29 is 10.2 Å². The number of nitrogens with zero attached hydrogens (tertiary/aromatic N) is 3. The largest absolute Gasteiger partial charge is 0.504 e. The van der Waals surface area contributed by atoms with Crippen molar-refractivity contribution >= 4 is 17.7 Å². The van der Waals surface area contributed by atoms with Crippen molar-refractivity contribution in [3.63, 3.8) is 0 Å². The number of hydrogen-bond donors (Lipinski definition) is 3. The van der Waals surface area contributed by atoms with Crippen molar-refractivity contribution in [1.82, 2.24) is 10.4 Å². The lowest BCUT2D eigenvalue weighted by Gasteiger charge is -2.05. The van der Waals surface area contributed by atoms with Gasteiger partial charge < -0.3 is 10.2 Å². The van der Waals surface area contributed by atoms with Crippen molar-refractivity contribution in [2.75, 3.05) is 0 Å². The molecule has 2 aromatic carbocycles. The second-order valence-electron chi connectivity index (χ2n) is 5.13. The van der Waals surface area contributed by atoms with Crippen LogP contribution in [0.3, 0.4) is 0 Å². The van der Waals surface area contributed by atoms with E-state index in [4.69, 9.17) is 0 Å². The molecule has 124 valence electrons. The molecule has 0 amide bonds. The third-order valence-electron chi connectivity index (χ3n) is 3.29. The number of aliphatic imine (C=N–C) groups is 1. The highest BCUT2D eigenvalue weighted by atomic mass is 16.3. The Labute approximate surface area is 144 Å². The van der Waals surface area contributed by atoms with Gasteiger partial charge in [-0.1, -0.05) is 24.3 Å². The summed E-state index contributed by atoms with van der Waals surface area (Å²) in [5.74, 6) is 0.114. The lowest BCUT2D eigenvalue weighted by atomic mass is 10.2. The van der Waals surface area contributed by atoms with Crippen LogP contribution in [0.25, 0.3) is 0 Å². The number of nitrogens with one attached hydrogen (secondary N) is 1. The Morgan fingerprint density at radius 1 is 0.920 bits per heavy atom. The number of phenols is 2. The zero-order valence-electron chi connectivity index (χ0n) is 13.2. The quantitative estimate of drug-likeness (QED) is 0.296. The van der Waals surface area contributed by atoms with Gasteiger partial charge in [0.25, 0.3) is 0 Å². The average Bonchev–Trinajstić information content (AvgIpc) is 2.65. The van der Waals surface area contributed by atoms with Gasteiger partial charge in [-0.05, 0) is 48.0 Å². The van der Waals surface area contributed by atoms with E-state index in [0.29, 0.717) is 17.1 Å². The summed E-state index contributed by atoms with van der Waals surface area (Å²) >= 11 is 0. The van der Waals surface area contributed by atoms with E-state index in [1.165, 1.54) is 18.3 Å². The fraction of sp³-hybridized carbons (Fsp3) is 0. The Bertz CT molecular complexity index is 894. The van der Waals surface area contributed by atoms with Gasteiger partial charge in [0.1, 0.15) is 5.69 Å². The van der Waals surface area contributed by atoms with Crippen LogP contribution >= 0.6 is 0 Å². The third-order valence-corrected chi connectivity index (χ3v) is 3.29. The minimum Gasteiger partial charge on any atom is -0.504 e. The average molecular weight is 332 g/mol. The van der Waals surface area contributed by atoms with E-state index in [-0.39, 0.29) is 11.5 Å². The highest BCUT2D eigenvalue weighted by Gasteiger charge is 2.04. The molecule has 3 N–H and O–H groups in total. The highest BCUT2D eigenvalue weighted by molar-refractivity contribution is 5.99. The summed E-state index contributed by atoms with van der Waals surface area (Å²) in [4.78, 5) is 8.82. The van der Waals surface area contributed by atoms with E-state index in [1.807, 2.05) is 48.5 Å². The van der Waals surface area contributed by atoms with E-state index >= 15 is 0 Å².